The Bertz CT molecular complexity index is 989. The number of carbonyl (C=O) groups excluding carboxylic acids is 1. The summed E-state index contributed by atoms with van der Waals surface area (Å²) in [6, 6.07) is 9.89. The first-order valence-electron chi connectivity index (χ1n) is 9.48. The highest BCUT2D eigenvalue weighted by Gasteiger charge is 2.25. The van der Waals surface area contributed by atoms with Crippen LogP contribution in [0.25, 0.3) is 5.69 Å². The Hall–Kier alpha value is -3.22. The minimum absolute atomic E-state index is 0.0284. The smallest absolute Gasteiger partial charge is 0.274 e. The molecule has 3 heterocycles. The molecule has 4 rings (SSSR count). The van der Waals surface area contributed by atoms with Gasteiger partial charge >= 0.3 is 0 Å². The van der Waals surface area contributed by atoms with Crippen LogP contribution in [0.1, 0.15) is 27.3 Å². The second-order valence-corrected chi connectivity index (χ2v) is 7.18. The molecule has 2 aromatic heterocycles. The van der Waals surface area contributed by atoms with Crippen LogP contribution in [0.5, 0.6) is 0 Å². The monoisotopic (exact) mass is 376 g/mol. The summed E-state index contributed by atoms with van der Waals surface area (Å²) in [5.74, 6) is 0.684. The molecule has 1 fully saturated rings. The lowest BCUT2D eigenvalue weighted by molar-refractivity contribution is 0.0740. The van der Waals surface area contributed by atoms with E-state index in [0.717, 1.165) is 11.4 Å². The Morgan fingerprint density at radius 1 is 0.929 bits per heavy atom. The fourth-order valence-electron chi connectivity index (χ4n) is 3.42. The molecule has 1 aromatic carbocycles. The van der Waals surface area contributed by atoms with Crippen molar-refractivity contribution >= 4 is 11.9 Å². The number of benzene rings is 1. The average Bonchev–Trinajstić information content (AvgIpc) is 3.12. The van der Waals surface area contributed by atoms with E-state index in [9.17, 15) is 4.79 Å². The van der Waals surface area contributed by atoms with E-state index in [4.69, 9.17) is 0 Å². The van der Waals surface area contributed by atoms with Crippen molar-refractivity contribution in [3.05, 3.63) is 65.2 Å². The lowest BCUT2D eigenvalue weighted by atomic mass is 10.1. The van der Waals surface area contributed by atoms with Gasteiger partial charge in [-0.25, -0.2) is 14.6 Å². The van der Waals surface area contributed by atoms with Crippen LogP contribution in [0.3, 0.4) is 0 Å². The van der Waals surface area contributed by atoms with Gasteiger partial charge in [-0.15, -0.1) is 0 Å². The topological polar surface area (TPSA) is 67.2 Å². The zero-order valence-corrected chi connectivity index (χ0v) is 16.5. The number of aryl methyl sites for hydroxylation is 3. The predicted molar refractivity (Wildman–Crippen MR) is 108 cm³/mol. The number of piperazine rings is 1. The van der Waals surface area contributed by atoms with Crippen molar-refractivity contribution in [1.29, 1.82) is 0 Å². The SMILES string of the molecule is Cc1ccc(-n2nc(C(=O)N3CCN(c4ncccn4)CC3)cc2C)cc1C. The van der Waals surface area contributed by atoms with Gasteiger partial charge in [-0.05, 0) is 56.2 Å². The third-order valence-electron chi connectivity index (χ3n) is 5.24. The number of amides is 1. The van der Waals surface area contributed by atoms with E-state index in [1.165, 1.54) is 11.1 Å². The standard InChI is InChI=1S/C21H24N6O/c1-15-5-6-18(13-16(15)2)27-17(3)14-19(24-27)20(28)25-9-11-26(12-10-25)21-22-7-4-8-23-21/h4-8,13-14H,9-12H2,1-3H3. The van der Waals surface area contributed by atoms with Gasteiger partial charge in [0, 0.05) is 44.3 Å². The van der Waals surface area contributed by atoms with Crippen LogP contribution in [0.2, 0.25) is 0 Å². The van der Waals surface area contributed by atoms with E-state index < -0.39 is 0 Å². The normalized spacial score (nSPS) is 14.4. The number of aromatic nitrogens is 4. The van der Waals surface area contributed by atoms with Crippen molar-refractivity contribution in [2.75, 3.05) is 31.1 Å². The molecule has 1 amide bonds. The molecule has 0 saturated carbocycles. The van der Waals surface area contributed by atoms with Gasteiger partial charge in [-0.2, -0.15) is 5.10 Å². The highest BCUT2D eigenvalue weighted by molar-refractivity contribution is 5.92. The first kappa shape index (κ1) is 18.2. The Labute approximate surface area is 164 Å². The molecule has 0 unspecified atom stereocenters. The molecule has 1 aliphatic heterocycles. The largest absolute Gasteiger partial charge is 0.337 e. The van der Waals surface area contributed by atoms with E-state index in [1.807, 2.05) is 28.6 Å². The summed E-state index contributed by atoms with van der Waals surface area (Å²) in [4.78, 5) is 25.5. The molecule has 1 saturated heterocycles. The molecule has 0 N–H and O–H groups in total. The predicted octanol–water partition coefficient (Wildman–Crippen LogP) is 2.55. The quantitative estimate of drug-likeness (QED) is 0.703. The lowest BCUT2D eigenvalue weighted by Gasteiger charge is -2.34. The Kier molecular flexibility index (Phi) is 4.81. The van der Waals surface area contributed by atoms with Crippen molar-refractivity contribution in [3.63, 3.8) is 0 Å². The number of hydrogen-bond donors (Lipinski definition) is 0. The van der Waals surface area contributed by atoms with Crippen LogP contribution in [-0.4, -0.2) is 56.7 Å². The fourth-order valence-corrected chi connectivity index (χ4v) is 3.42. The van der Waals surface area contributed by atoms with Gasteiger partial charge in [0.25, 0.3) is 5.91 Å². The van der Waals surface area contributed by atoms with Crippen LogP contribution in [0, 0.1) is 20.8 Å². The molecular formula is C21H24N6O. The fraction of sp³-hybridized carbons (Fsp3) is 0.333. The van der Waals surface area contributed by atoms with Gasteiger partial charge in [-0.1, -0.05) is 6.07 Å². The van der Waals surface area contributed by atoms with E-state index in [-0.39, 0.29) is 5.91 Å². The van der Waals surface area contributed by atoms with Crippen LogP contribution in [-0.2, 0) is 0 Å². The van der Waals surface area contributed by atoms with Gasteiger partial charge in [0.2, 0.25) is 5.95 Å². The second-order valence-electron chi connectivity index (χ2n) is 7.18. The number of hydrogen-bond acceptors (Lipinski definition) is 5. The first-order chi connectivity index (χ1) is 13.5. The molecule has 0 spiro atoms. The number of rotatable bonds is 3. The Morgan fingerprint density at radius 2 is 1.64 bits per heavy atom. The number of anilines is 1. The molecule has 0 radical (unpaired) electrons. The highest BCUT2D eigenvalue weighted by Crippen LogP contribution is 2.18. The van der Waals surface area contributed by atoms with Crippen molar-refractivity contribution in [1.82, 2.24) is 24.6 Å². The summed E-state index contributed by atoms with van der Waals surface area (Å²) in [5, 5.41) is 4.59. The summed E-state index contributed by atoms with van der Waals surface area (Å²) in [6.07, 6.45) is 3.48. The third kappa shape index (κ3) is 3.47. The molecule has 7 heteroatoms. The van der Waals surface area contributed by atoms with Crippen LogP contribution in [0.15, 0.2) is 42.7 Å². The molecular weight excluding hydrogens is 352 g/mol. The Balaban J connectivity index is 1.48. The molecule has 144 valence electrons. The maximum absolute atomic E-state index is 13.0. The zero-order chi connectivity index (χ0) is 19.7. The summed E-state index contributed by atoms with van der Waals surface area (Å²) in [6.45, 7) is 8.84. The van der Waals surface area contributed by atoms with Crippen LogP contribution < -0.4 is 4.90 Å². The van der Waals surface area contributed by atoms with Gasteiger partial charge in [-0.3, -0.25) is 4.79 Å². The number of carbonyl (C=O) groups is 1. The van der Waals surface area contributed by atoms with Gasteiger partial charge in [0.15, 0.2) is 5.69 Å². The summed E-state index contributed by atoms with van der Waals surface area (Å²) in [7, 11) is 0. The van der Waals surface area contributed by atoms with Crippen LogP contribution in [0.4, 0.5) is 5.95 Å². The summed E-state index contributed by atoms with van der Waals surface area (Å²) >= 11 is 0. The van der Waals surface area contributed by atoms with E-state index >= 15 is 0 Å². The maximum Gasteiger partial charge on any atom is 0.274 e. The molecule has 3 aromatic rings. The van der Waals surface area contributed by atoms with Crippen molar-refractivity contribution in [3.8, 4) is 5.69 Å². The summed E-state index contributed by atoms with van der Waals surface area (Å²) in [5.41, 5.74) is 4.86. The zero-order valence-electron chi connectivity index (χ0n) is 16.5. The number of nitrogens with zero attached hydrogens (tertiary/aromatic N) is 6. The molecule has 0 aliphatic carbocycles. The van der Waals surface area contributed by atoms with Crippen molar-refractivity contribution in [2.24, 2.45) is 0 Å². The molecule has 7 nitrogen and oxygen atoms in total. The lowest BCUT2D eigenvalue weighted by Crippen LogP contribution is -2.49. The third-order valence-corrected chi connectivity index (χ3v) is 5.24. The maximum atomic E-state index is 13.0. The molecule has 0 bridgehead atoms. The van der Waals surface area contributed by atoms with E-state index in [0.29, 0.717) is 37.8 Å². The minimum atomic E-state index is -0.0284. The van der Waals surface area contributed by atoms with Crippen LogP contribution >= 0.6 is 0 Å². The molecule has 28 heavy (non-hydrogen) atoms. The average molecular weight is 376 g/mol. The minimum Gasteiger partial charge on any atom is -0.337 e. The van der Waals surface area contributed by atoms with Crippen molar-refractivity contribution in [2.45, 2.75) is 20.8 Å². The van der Waals surface area contributed by atoms with E-state index in [2.05, 4.69) is 45.9 Å². The van der Waals surface area contributed by atoms with Crippen molar-refractivity contribution < 1.29 is 4.79 Å². The molecule has 0 atom stereocenters. The second kappa shape index (κ2) is 7.42. The Morgan fingerprint density at radius 3 is 2.32 bits per heavy atom. The molecule has 1 aliphatic rings. The summed E-state index contributed by atoms with van der Waals surface area (Å²) < 4.78 is 1.84. The van der Waals surface area contributed by atoms with Gasteiger partial charge < -0.3 is 9.80 Å². The van der Waals surface area contributed by atoms with Gasteiger partial charge in [0.05, 0.1) is 5.69 Å². The first-order valence-corrected chi connectivity index (χ1v) is 9.48. The highest BCUT2D eigenvalue weighted by atomic mass is 16.2. The van der Waals surface area contributed by atoms with E-state index in [1.54, 1.807) is 18.5 Å². The van der Waals surface area contributed by atoms with Gasteiger partial charge in [0.1, 0.15) is 0 Å².